The van der Waals surface area contributed by atoms with Crippen molar-refractivity contribution in [3.8, 4) is 0 Å². The molecule has 0 aliphatic heterocycles. The van der Waals surface area contributed by atoms with Gasteiger partial charge in [0.05, 0.1) is 33.0 Å². The van der Waals surface area contributed by atoms with E-state index in [0.29, 0.717) is 39.5 Å². The fourth-order valence-electron chi connectivity index (χ4n) is 1.20. The van der Waals surface area contributed by atoms with Crippen LogP contribution in [-0.2, 0) is 28.4 Å². The van der Waals surface area contributed by atoms with Gasteiger partial charge in [0, 0.05) is 27.8 Å². The quantitative estimate of drug-likeness (QED) is 0.387. The molecule has 0 saturated heterocycles. The van der Waals surface area contributed by atoms with Crippen molar-refractivity contribution in [2.75, 3.05) is 61.0 Å². The van der Waals surface area contributed by atoms with E-state index in [1.54, 1.807) is 14.2 Å². The standard InChI is InChI=1S/C12H24O7/c1-14-6-8-17-5-4-11(10-16-3)19-12(13)18-9-7-15-2/h11H,4-10H2,1-3H3. The van der Waals surface area contributed by atoms with Crippen LogP contribution in [0.2, 0.25) is 0 Å². The molecule has 0 aromatic rings. The van der Waals surface area contributed by atoms with Gasteiger partial charge in [0.1, 0.15) is 12.7 Å². The summed E-state index contributed by atoms with van der Waals surface area (Å²) in [7, 11) is 4.67. The number of carbonyl (C=O) groups excluding carboxylic acids is 1. The fourth-order valence-corrected chi connectivity index (χ4v) is 1.20. The Kier molecular flexibility index (Phi) is 12.9. The van der Waals surface area contributed by atoms with Crippen molar-refractivity contribution in [1.29, 1.82) is 0 Å². The molecular formula is C12H24O7. The van der Waals surface area contributed by atoms with Crippen molar-refractivity contribution < 1.29 is 33.2 Å². The van der Waals surface area contributed by atoms with E-state index in [2.05, 4.69) is 0 Å². The van der Waals surface area contributed by atoms with Crippen LogP contribution in [0.25, 0.3) is 0 Å². The largest absolute Gasteiger partial charge is 0.508 e. The lowest BCUT2D eigenvalue weighted by molar-refractivity contribution is -0.0275. The molecule has 1 unspecified atom stereocenters. The lowest BCUT2D eigenvalue weighted by Gasteiger charge is -2.16. The zero-order valence-corrected chi connectivity index (χ0v) is 11.9. The number of methoxy groups -OCH3 is 3. The molecular weight excluding hydrogens is 256 g/mol. The Morgan fingerprint density at radius 3 is 2.21 bits per heavy atom. The summed E-state index contributed by atoms with van der Waals surface area (Å²) in [5.41, 5.74) is 0. The minimum Gasteiger partial charge on any atom is -0.432 e. The van der Waals surface area contributed by atoms with E-state index in [1.807, 2.05) is 0 Å². The average Bonchev–Trinajstić information content (AvgIpc) is 2.39. The molecule has 0 spiro atoms. The van der Waals surface area contributed by atoms with Crippen molar-refractivity contribution in [3.05, 3.63) is 0 Å². The van der Waals surface area contributed by atoms with Gasteiger partial charge in [0.15, 0.2) is 0 Å². The molecule has 0 bridgehead atoms. The monoisotopic (exact) mass is 280 g/mol. The first-order valence-corrected chi connectivity index (χ1v) is 6.12. The summed E-state index contributed by atoms with van der Waals surface area (Å²) in [6, 6.07) is 0. The molecule has 7 heteroatoms. The van der Waals surface area contributed by atoms with Crippen LogP contribution in [0.1, 0.15) is 6.42 Å². The van der Waals surface area contributed by atoms with E-state index < -0.39 is 6.16 Å². The predicted octanol–water partition coefficient (Wildman–Crippen LogP) is 0.854. The summed E-state index contributed by atoms with van der Waals surface area (Å²) in [6.45, 7) is 2.31. The Morgan fingerprint density at radius 2 is 1.58 bits per heavy atom. The maximum Gasteiger partial charge on any atom is 0.508 e. The number of hydrogen-bond donors (Lipinski definition) is 0. The molecule has 7 nitrogen and oxygen atoms in total. The second-order valence-electron chi connectivity index (χ2n) is 3.68. The molecule has 0 fully saturated rings. The predicted molar refractivity (Wildman–Crippen MR) is 67.3 cm³/mol. The molecule has 0 rings (SSSR count). The molecule has 19 heavy (non-hydrogen) atoms. The maximum absolute atomic E-state index is 11.3. The number of hydrogen-bond acceptors (Lipinski definition) is 7. The molecule has 0 aliphatic rings. The third-order valence-corrected chi connectivity index (χ3v) is 2.14. The molecule has 0 heterocycles. The summed E-state index contributed by atoms with van der Waals surface area (Å²) in [5, 5.41) is 0. The van der Waals surface area contributed by atoms with Crippen molar-refractivity contribution in [3.63, 3.8) is 0 Å². The van der Waals surface area contributed by atoms with Gasteiger partial charge in [0.2, 0.25) is 0 Å². The second kappa shape index (κ2) is 13.5. The molecule has 0 radical (unpaired) electrons. The van der Waals surface area contributed by atoms with Crippen molar-refractivity contribution in [2.24, 2.45) is 0 Å². The van der Waals surface area contributed by atoms with Crippen LogP contribution in [0.5, 0.6) is 0 Å². The fraction of sp³-hybridized carbons (Fsp3) is 0.917. The Labute approximate surface area is 114 Å². The Hall–Kier alpha value is -0.890. The summed E-state index contributed by atoms with van der Waals surface area (Å²) >= 11 is 0. The van der Waals surface area contributed by atoms with E-state index >= 15 is 0 Å². The van der Waals surface area contributed by atoms with Gasteiger partial charge in [-0.15, -0.1) is 0 Å². The lowest BCUT2D eigenvalue weighted by Crippen LogP contribution is -2.26. The van der Waals surface area contributed by atoms with Crippen molar-refractivity contribution in [1.82, 2.24) is 0 Å². The van der Waals surface area contributed by atoms with Gasteiger partial charge in [-0.1, -0.05) is 0 Å². The molecule has 1 atom stereocenters. The Balaban J connectivity index is 3.74. The van der Waals surface area contributed by atoms with Gasteiger partial charge in [-0.2, -0.15) is 0 Å². The van der Waals surface area contributed by atoms with E-state index in [1.165, 1.54) is 7.11 Å². The van der Waals surface area contributed by atoms with E-state index in [0.717, 1.165) is 0 Å². The summed E-state index contributed by atoms with van der Waals surface area (Å²) in [4.78, 5) is 11.3. The molecule has 0 saturated carbocycles. The first-order valence-electron chi connectivity index (χ1n) is 6.12. The minimum absolute atomic E-state index is 0.166. The van der Waals surface area contributed by atoms with Gasteiger partial charge in [0.25, 0.3) is 0 Å². The highest BCUT2D eigenvalue weighted by Gasteiger charge is 2.15. The van der Waals surface area contributed by atoms with Crippen LogP contribution in [0.4, 0.5) is 4.79 Å². The first kappa shape index (κ1) is 18.1. The highest BCUT2D eigenvalue weighted by molar-refractivity contribution is 5.60. The molecule has 0 N–H and O–H groups in total. The van der Waals surface area contributed by atoms with E-state index in [9.17, 15) is 4.79 Å². The third-order valence-electron chi connectivity index (χ3n) is 2.14. The first-order chi connectivity index (χ1) is 9.24. The van der Waals surface area contributed by atoms with Crippen LogP contribution in [0.15, 0.2) is 0 Å². The Bertz CT molecular complexity index is 210. The highest BCUT2D eigenvalue weighted by Crippen LogP contribution is 2.02. The average molecular weight is 280 g/mol. The zero-order chi connectivity index (χ0) is 14.3. The third kappa shape index (κ3) is 11.9. The van der Waals surface area contributed by atoms with Crippen molar-refractivity contribution >= 4 is 6.16 Å². The molecule has 114 valence electrons. The van der Waals surface area contributed by atoms with Crippen LogP contribution >= 0.6 is 0 Å². The van der Waals surface area contributed by atoms with E-state index in [-0.39, 0.29) is 12.7 Å². The van der Waals surface area contributed by atoms with Gasteiger partial charge in [-0.3, -0.25) is 0 Å². The summed E-state index contributed by atoms with van der Waals surface area (Å²) < 4.78 is 29.8. The molecule has 0 aromatic heterocycles. The molecule has 0 amide bonds. The number of carbonyl (C=O) groups is 1. The normalized spacial score (nSPS) is 12.2. The van der Waals surface area contributed by atoms with Crippen LogP contribution in [-0.4, -0.2) is 73.2 Å². The van der Waals surface area contributed by atoms with Gasteiger partial charge < -0.3 is 28.4 Å². The number of ether oxygens (including phenoxy) is 6. The van der Waals surface area contributed by atoms with E-state index in [4.69, 9.17) is 28.4 Å². The van der Waals surface area contributed by atoms with Gasteiger partial charge in [-0.25, -0.2) is 4.79 Å². The molecule has 0 aromatic carbocycles. The summed E-state index contributed by atoms with van der Waals surface area (Å²) in [6.07, 6.45) is -0.574. The highest BCUT2D eigenvalue weighted by atomic mass is 16.7. The minimum atomic E-state index is -0.726. The van der Waals surface area contributed by atoms with Crippen LogP contribution in [0, 0.1) is 0 Å². The van der Waals surface area contributed by atoms with Crippen LogP contribution in [0.3, 0.4) is 0 Å². The van der Waals surface area contributed by atoms with Gasteiger partial charge >= 0.3 is 6.16 Å². The van der Waals surface area contributed by atoms with Crippen molar-refractivity contribution in [2.45, 2.75) is 12.5 Å². The summed E-state index contributed by atoms with van der Waals surface area (Å²) in [5.74, 6) is 0. The maximum atomic E-state index is 11.3. The smallest absolute Gasteiger partial charge is 0.432 e. The van der Waals surface area contributed by atoms with Gasteiger partial charge in [-0.05, 0) is 0 Å². The van der Waals surface area contributed by atoms with Crippen LogP contribution < -0.4 is 0 Å². The SMILES string of the molecule is COCCOCCC(COC)OC(=O)OCCOC. The second-order valence-corrected chi connectivity index (χ2v) is 3.68. The zero-order valence-electron chi connectivity index (χ0n) is 11.9. The molecule has 0 aliphatic carbocycles. The lowest BCUT2D eigenvalue weighted by atomic mass is 10.3. The number of rotatable bonds is 12. The Morgan fingerprint density at radius 1 is 0.895 bits per heavy atom. The topological polar surface area (TPSA) is 72.5 Å².